The summed E-state index contributed by atoms with van der Waals surface area (Å²) in [7, 11) is 1.69. The zero-order valence-electron chi connectivity index (χ0n) is 11.9. The summed E-state index contributed by atoms with van der Waals surface area (Å²) >= 11 is 0. The van der Waals surface area contributed by atoms with Crippen LogP contribution in [0, 0.1) is 0 Å². The SMILES string of the molecule is C=C/C=c1/oc(=O)n(C)/c1=C/CC.CC.CC. The zero-order valence-corrected chi connectivity index (χ0v) is 11.9. The van der Waals surface area contributed by atoms with Crippen LogP contribution in [-0.2, 0) is 7.05 Å². The van der Waals surface area contributed by atoms with E-state index in [4.69, 9.17) is 4.42 Å². The Bertz CT molecular complexity index is 463. The van der Waals surface area contributed by atoms with E-state index in [1.165, 1.54) is 4.57 Å². The van der Waals surface area contributed by atoms with E-state index in [9.17, 15) is 4.79 Å². The van der Waals surface area contributed by atoms with Crippen molar-refractivity contribution in [3.05, 3.63) is 34.0 Å². The van der Waals surface area contributed by atoms with Crippen LogP contribution in [0.5, 0.6) is 0 Å². The van der Waals surface area contributed by atoms with Gasteiger partial charge in [-0.05, 0) is 12.5 Å². The van der Waals surface area contributed by atoms with E-state index >= 15 is 0 Å². The highest BCUT2D eigenvalue weighted by atomic mass is 16.4. The summed E-state index contributed by atoms with van der Waals surface area (Å²) in [6.45, 7) is 13.6. The van der Waals surface area contributed by atoms with Gasteiger partial charge in [-0.2, -0.15) is 0 Å². The molecule has 3 nitrogen and oxygen atoms in total. The molecule has 0 aliphatic rings. The molecule has 1 aromatic rings. The number of hydrogen-bond acceptors (Lipinski definition) is 2. The van der Waals surface area contributed by atoms with Gasteiger partial charge in [0.15, 0.2) is 5.42 Å². The lowest BCUT2D eigenvalue weighted by molar-refractivity contribution is 0.470. The molecular weight excluding hydrogens is 214 g/mol. The summed E-state index contributed by atoms with van der Waals surface area (Å²) in [5.74, 6) is -0.340. The molecule has 0 aliphatic carbocycles. The second-order valence-electron chi connectivity index (χ2n) is 2.69. The van der Waals surface area contributed by atoms with Gasteiger partial charge in [0.05, 0.1) is 5.35 Å². The van der Waals surface area contributed by atoms with E-state index in [0.29, 0.717) is 5.42 Å². The topological polar surface area (TPSA) is 35.1 Å². The van der Waals surface area contributed by atoms with Crippen LogP contribution in [0.2, 0.25) is 0 Å². The van der Waals surface area contributed by atoms with Crippen molar-refractivity contribution in [2.75, 3.05) is 0 Å². The van der Waals surface area contributed by atoms with Crippen molar-refractivity contribution < 1.29 is 4.42 Å². The van der Waals surface area contributed by atoms with Crippen LogP contribution in [-0.4, -0.2) is 4.57 Å². The van der Waals surface area contributed by atoms with Crippen molar-refractivity contribution in [1.29, 1.82) is 0 Å². The molecule has 0 aliphatic heterocycles. The van der Waals surface area contributed by atoms with Gasteiger partial charge in [-0.1, -0.05) is 53.3 Å². The third-order valence-electron chi connectivity index (χ3n) is 1.75. The Balaban J connectivity index is 0. The minimum Gasteiger partial charge on any atom is -0.408 e. The van der Waals surface area contributed by atoms with Crippen LogP contribution in [0.4, 0.5) is 0 Å². The number of aromatic nitrogens is 1. The summed E-state index contributed by atoms with van der Waals surface area (Å²) in [5, 5.41) is 0.812. The predicted octanol–water partition coefficient (Wildman–Crippen LogP) is 2.19. The third kappa shape index (κ3) is 5.38. The number of rotatable bonds is 2. The molecule has 0 fully saturated rings. The molecule has 0 saturated heterocycles. The quantitative estimate of drug-likeness (QED) is 0.793. The van der Waals surface area contributed by atoms with Gasteiger partial charge >= 0.3 is 5.76 Å². The van der Waals surface area contributed by atoms with E-state index in [-0.39, 0.29) is 5.76 Å². The molecule has 0 bridgehead atoms. The van der Waals surface area contributed by atoms with Gasteiger partial charge in [-0.3, -0.25) is 4.57 Å². The second kappa shape index (κ2) is 11.0. The largest absolute Gasteiger partial charge is 0.419 e. The zero-order chi connectivity index (χ0) is 13.8. The highest BCUT2D eigenvalue weighted by Gasteiger charge is 1.98. The van der Waals surface area contributed by atoms with Crippen molar-refractivity contribution >= 4 is 12.2 Å². The third-order valence-corrected chi connectivity index (χ3v) is 1.75. The Morgan fingerprint density at radius 1 is 1.29 bits per heavy atom. The van der Waals surface area contributed by atoms with E-state index in [2.05, 4.69) is 6.58 Å². The van der Waals surface area contributed by atoms with Crippen molar-refractivity contribution in [3.63, 3.8) is 0 Å². The van der Waals surface area contributed by atoms with E-state index in [0.717, 1.165) is 11.8 Å². The minimum atomic E-state index is -0.340. The number of oxazole rings is 1. The monoisotopic (exact) mass is 239 g/mol. The lowest BCUT2D eigenvalue weighted by Gasteiger charge is -1.84. The van der Waals surface area contributed by atoms with Crippen LogP contribution in [0.3, 0.4) is 0 Å². The van der Waals surface area contributed by atoms with E-state index in [1.807, 2.05) is 40.7 Å². The van der Waals surface area contributed by atoms with Gasteiger partial charge in [0, 0.05) is 7.05 Å². The Kier molecular flexibility index (Phi) is 11.6. The van der Waals surface area contributed by atoms with Gasteiger partial charge in [-0.15, -0.1) is 0 Å². The van der Waals surface area contributed by atoms with Crippen LogP contribution in [0.15, 0.2) is 21.9 Å². The van der Waals surface area contributed by atoms with Crippen molar-refractivity contribution in [2.45, 2.75) is 41.0 Å². The molecule has 17 heavy (non-hydrogen) atoms. The smallest absolute Gasteiger partial charge is 0.408 e. The first-order valence-corrected chi connectivity index (χ1v) is 6.19. The fourth-order valence-electron chi connectivity index (χ4n) is 1.14. The molecule has 0 saturated carbocycles. The molecule has 0 spiro atoms. The summed E-state index contributed by atoms with van der Waals surface area (Å²) in [4.78, 5) is 11.1. The molecule has 0 radical (unpaired) electrons. The Labute approximate surface area is 104 Å². The fraction of sp³-hybridized carbons (Fsp3) is 0.500. The molecule has 0 N–H and O–H groups in total. The number of hydrogen-bond donors (Lipinski definition) is 0. The Morgan fingerprint density at radius 2 is 1.82 bits per heavy atom. The maximum atomic E-state index is 11.1. The molecule has 98 valence electrons. The molecule has 0 unspecified atom stereocenters. The normalized spacial score (nSPS) is 11.2. The average molecular weight is 239 g/mol. The Morgan fingerprint density at radius 3 is 2.24 bits per heavy atom. The fourth-order valence-corrected chi connectivity index (χ4v) is 1.14. The van der Waals surface area contributed by atoms with Gasteiger partial charge in [-0.25, -0.2) is 4.79 Å². The molecule has 0 amide bonds. The number of allylic oxidation sites excluding steroid dienone is 1. The lowest BCUT2D eigenvalue weighted by Crippen LogP contribution is -2.29. The lowest BCUT2D eigenvalue weighted by atomic mass is 10.4. The first-order chi connectivity index (χ1) is 8.20. The summed E-state index contributed by atoms with van der Waals surface area (Å²) in [6.07, 6.45) is 6.10. The van der Waals surface area contributed by atoms with Crippen LogP contribution < -0.4 is 16.5 Å². The standard InChI is InChI=1S/C10H13NO2.2C2H6/c1-4-6-8-9(7-5-2)13-10(12)11(8)3;2*1-2/h5-7H,2,4H2,1,3H3;2*1-2H3/b8-6+,9-7+;;. The van der Waals surface area contributed by atoms with E-state index < -0.39 is 0 Å². The molecule has 1 heterocycles. The average Bonchev–Trinajstić information content (AvgIpc) is 2.63. The molecule has 0 aromatic carbocycles. The molecular formula is C14H25NO2. The molecule has 0 atom stereocenters. The van der Waals surface area contributed by atoms with E-state index in [1.54, 1.807) is 19.2 Å². The Hall–Kier alpha value is -1.51. The first-order valence-electron chi connectivity index (χ1n) is 6.19. The second-order valence-corrected chi connectivity index (χ2v) is 2.69. The van der Waals surface area contributed by atoms with Gasteiger partial charge in [0.2, 0.25) is 0 Å². The minimum absolute atomic E-state index is 0.340. The van der Waals surface area contributed by atoms with Crippen LogP contribution in [0.1, 0.15) is 41.0 Å². The summed E-state index contributed by atoms with van der Waals surface area (Å²) in [6, 6.07) is 0. The van der Waals surface area contributed by atoms with Gasteiger partial charge in [0.1, 0.15) is 0 Å². The first kappa shape index (κ1) is 17.9. The molecule has 3 heteroatoms. The van der Waals surface area contributed by atoms with Crippen molar-refractivity contribution in [2.24, 2.45) is 7.05 Å². The summed E-state index contributed by atoms with van der Waals surface area (Å²) < 4.78 is 6.47. The maximum absolute atomic E-state index is 11.1. The summed E-state index contributed by atoms with van der Waals surface area (Å²) in [5.41, 5.74) is 0.573. The van der Waals surface area contributed by atoms with Crippen LogP contribution in [0.25, 0.3) is 12.2 Å². The molecule has 1 rings (SSSR count). The highest BCUT2D eigenvalue weighted by Crippen LogP contribution is 1.73. The predicted molar refractivity (Wildman–Crippen MR) is 75.3 cm³/mol. The maximum Gasteiger partial charge on any atom is 0.419 e. The van der Waals surface area contributed by atoms with Gasteiger partial charge in [0.25, 0.3) is 0 Å². The van der Waals surface area contributed by atoms with Crippen molar-refractivity contribution in [1.82, 2.24) is 4.57 Å². The van der Waals surface area contributed by atoms with Gasteiger partial charge < -0.3 is 4.42 Å². The van der Waals surface area contributed by atoms with Crippen molar-refractivity contribution in [3.8, 4) is 0 Å². The van der Waals surface area contributed by atoms with Crippen LogP contribution >= 0.6 is 0 Å². The molecule has 1 aromatic heterocycles. The number of nitrogens with zero attached hydrogens (tertiary/aromatic N) is 1. The highest BCUT2D eigenvalue weighted by molar-refractivity contribution is 5.33.